The van der Waals surface area contributed by atoms with E-state index >= 15 is 0 Å². The molecule has 1 amide bonds. The van der Waals surface area contributed by atoms with E-state index in [1.807, 2.05) is 30.3 Å². The van der Waals surface area contributed by atoms with Gasteiger partial charge in [-0.2, -0.15) is 5.10 Å². The summed E-state index contributed by atoms with van der Waals surface area (Å²) in [6.07, 6.45) is 6.38. The minimum atomic E-state index is -0.207. The number of aromatic nitrogens is 2. The number of aliphatic hydroxyl groups excluding tert-OH is 1. The molecule has 1 saturated carbocycles. The number of benzene rings is 1. The van der Waals surface area contributed by atoms with Gasteiger partial charge < -0.3 is 10.4 Å². The van der Waals surface area contributed by atoms with Gasteiger partial charge in [-0.3, -0.25) is 9.48 Å². The molecule has 2 N–H and O–H groups in total. The third-order valence-electron chi connectivity index (χ3n) is 4.11. The van der Waals surface area contributed by atoms with E-state index in [-0.39, 0.29) is 18.1 Å². The maximum Gasteiger partial charge on any atom is 0.254 e. The second-order valence-corrected chi connectivity index (χ2v) is 5.89. The Morgan fingerprint density at radius 3 is 2.68 bits per heavy atom. The molecule has 0 unspecified atom stereocenters. The van der Waals surface area contributed by atoms with Crippen LogP contribution >= 0.6 is 0 Å². The van der Waals surface area contributed by atoms with E-state index in [0.717, 1.165) is 31.2 Å². The fourth-order valence-corrected chi connectivity index (χ4v) is 2.83. The molecule has 1 fully saturated rings. The Morgan fingerprint density at radius 1 is 1.23 bits per heavy atom. The van der Waals surface area contributed by atoms with E-state index in [2.05, 4.69) is 10.4 Å². The molecular weight excluding hydrogens is 278 g/mol. The second kappa shape index (κ2) is 6.75. The minimum absolute atomic E-state index is 0.0827. The SMILES string of the molecule is O=C(NC1CCC(O)CC1)c1cnn(Cc2ccccc2)c1. The first-order valence-corrected chi connectivity index (χ1v) is 7.76. The zero-order valence-corrected chi connectivity index (χ0v) is 12.5. The van der Waals surface area contributed by atoms with Crippen LogP contribution in [0.2, 0.25) is 0 Å². The second-order valence-electron chi connectivity index (χ2n) is 5.89. The Balaban J connectivity index is 1.57. The molecule has 0 spiro atoms. The van der Waals surface area contributed by atoms with Crippen molar-refractivity contribution in [3.05, 3.63) is 53.9 Å². The summed E-state index contributed by atoms with van der Waals surface area (Å²) in [6, 6.07) is 10.2. The van der Waals surface area contributed by atoms with Crippen molar-refractivity contribution < 1.29 is 9.90 Å². The van der Waals surface area contributed by atoms with Crippen LogP contribution in [0, 0.1) is 0 Å². The molecular formula is C17H21N3O2. The van der Waals surface area contributed by atoms with Gasteiger partial charge in [-0.15, -0.1) is 0 Å². The molecule has 5 heteroatoms. The van der Waals surface area contributed by atoms with Gasteiger partial charge in [-0.05, 0) is 31.2 Å². The van der Waals surface area contributed by atoms with Crippen molar-refractivity contribution >= 4 is 5.91 Å². The quantitative estimate of drug-likeness (QED) is 0.907. The van der Waals surface area contributed by atoms with E-state index in [4.69, 9.17) is 0 Å². The zero-order valence-electron chi connectivity index (χ0n) is 12.5. The third kappa shape index (κ3) is 3.74. The molecule has 1 aromatic heterocycles. The van der Waals surface area contributed by atoms with E-state index in [1.54, 1.807) is 17.1 Å². The van der Waals surface area contributed by atoms with Gasteiger partial charge in [0.2, 0.25) is 0 Å². The lowest BCUT2D eigenvalue weighted by molar-refractivity contribution is 0.0867. The molecule has 0 radical (unpaired) electrons. The predicted octanol–water partition coefficient (Wildman–Crippen LogP) is 1.96. The molecule has 1 aliphatic rings. The van der Waals surface area contributed by atoms with Crippen molar-refractivity contribution in [1.29, 1.82) is 0 Å². The van der Waals surface area contributed by atoms with Gasteiger partial charge in [-0.25, -0.2) is 0 Å². The number of nitrogens with zero attached hydrogens (tertiary/aromatic N) is 2. The highest BCUT2D eigenvalue weighted by molar-refractivity contribution is 5.93. The minimum Gasteiger partial charge on any atom is -0.393 e. The highest BCUT2D eigenvalue weighted by Gasteiger charge is 2.21. The summed E-state index contributed by atoms with van der Waals surface area (Å²) in [6.45, 7) is 0.656. The van der Waals surface area contributed by atoms with Gasteiger partial charge in [0, 0.05) is 12.2 Å². The Labute approximate surface area is 130 Å². The predicted molar refractivity (Wildman–Crippen MR) is 83.5 cm³/mol. The van der Waals surface area contributed by atoms with Crippen LogP contribution in [0.3, 0.4) is 0 Å². The van der Waals surface area contributed by atoms with Crippen molar-refractivity contribution in [1.82, 2.24) is 15.1 Å². The molecule has 0 saturated heterocycles. The average Bonchev–Trinajstić information content (AvgIpc) is 2.99. The molecule has 1 aliphatic carbocycles. The van der Waals surface area contributed by atoms with Crippen LogP contribution < -0.4 is 5.32 Å². The summed E-state index contributed by atoms with van der Waals surface area (Å²) >= 11 is 0. The monoisotopic (exact) mass is 299 g/mol. The number of rotatable bonds is 4. The molecule has 116 valence electrons. The zero-order chi connectivity index (χ0) is 15.4. The number of carbonyl (C=O) groups is 1. The molecule has 0 aliphatic heterocycles. The number of nitrogens with one attached hydrogen (secondary N) is 1. The van der Waals surface area contributed by atoms with E-state index in [0.29, 0.717) is 12.1 Å². The Kier molecular flexibility index (Phi) is 4.53. The van der Waals surface area contributed by atoms with Gasteiger partial charge in [0.05, 0.1) is 24.4 Å². The lowest BCUT2D eigenvalue weighted by Gasteiger charge is -2.25. The third-order valence-corrected chi connectivity index (χ3v) is 4.11. The van der Waals surface area contributed by atoms with Crippen molar-refractivity contribution in [3.8, 4) is 0 Å². The Hall–Kier alpha value is -2.14. The molecule has 0 bridgehead atoms. The number of hydrogen-bond donors (Lipinski definition) is 2. The number of hydrogen-bond acceptors (Lipinski definition) is 3. The van der Waals surface area contributed by atoms with Gasteiger partial charge in [0.1, 0.15) is 0 Å². The van der Waals surface area contributed by atoms with Crippen LogP contribution in [0.15, 0.2) is 42.7 Å². The van der Waals surface area contributed by atoms with Gasteiger partial charge in [0.25, 0.3) is 5.91 Å². The maximum absolute atomic E-state index is 12.2. The molecule has 2 aromatic rings. The smallest absolute Gasteiger partial charge is 0.254 e. The van der Waals surface area contributed by atoms with Crippen LogP contribution in [0.1, 0.15) is 41.6 Å². The molecule has 5 nitrogen and oxygen atoms in total. The van der Waals surface area contributed by atoms with Gasteiger partial charge in [0.15, 0.2) is 0 Å². The van der Waals surface area contributed by atoms with Crippen LogP contribution in [0.5, 0.6) is 0 Å². The fourth-order valence-electron chi connectivity index (χ4n) is 2.83. The van der Waals surface area contributed by atoms with Crippen molar-refractivity contribution in [2.75, 3.05) is 0 Å². The van der Waals surface area contributed by atoms with E-state index < -0.39 is 0 Å². The molecule has 1 heterocycles. The van der Waals surface area contributed by atoms with Gasteiger partial charge in [-0.1, -0.05) is 30.3 Å². The molecule has 22 heavy (non-hydrogen) atoms. The number of carbonyl (C=O) groups excluding carboxylic acids is 1. The highest BCUT2D eigenvalue weighted by atomic mass is 16.3. The first-order valence-electron chi connectivity index (χ1n) is 7.76. The van der Waals surface area contributed by atoms with Crippen LogP contribution in [0.4, 0.5) is 0 Å². The number of aliphatic hydroxyl groups is 1. The standard InChI is InChI=1S/C17H21N3O2/c21-16-8-6-15(7-9-16)19-17(22)14-10-18-20(12-14)11-13-4-2-1-3-5-13/h1-5,10,12,15-16,21H,6-9,11H2,(H,19,22). The summed E-state index contributed by atoms with van der Waals surface area (Å²) in [5.74, 6) is -0.0827. The van der Waals surface area contributed by atoms with Crippen LogP contribution in [0.25, 0.3) is 0 Å². The first-order chi connectivity index (χ1) is 10.7. The topological polar surface area (TPSA) is 67.2 Å². The summed E-state index contributed by atoms with van der Waals surface area (Å²) in [5.41, 5.74) is 1.74. The Morgan fingerprint density at radius 2 is 1.95 bits per heavy atom. The maximum atomic E-state index is 12.2. The molecule has 0 atom stereocenters. The first kappa shape index (κ1) is 14.8. The van der Waals surface area contributed by atoms with Crippen molar-refractivity contribution in [2.24, 2.45) is 0 Å². The van der Waals surface area contributed by atoms with Crippen molar-refractivity contribution in [2.45, 2.75) is 44.4 Å². The molecule has 3 rings (SSSR count). The Bertz CT molecular complexity index is 616. The number of amides is 1. The fraction of sp³-hybridized carbons (Fsp3) is 0.412. The van der Waals surface area contributed by atoms with Gasteiger partial charge >= 0.3 is 0 Å². The lowest BCUT2D eigenvalue weighted by atomic mass is 9.93. The highest BCUT2D eigenvalue weighted by Crippen LogP contribution is 2.18. The largest absolute Gasteiger partial charge is 0.393 e. The van der Waals surface area contributed by atoms with Crippen molar-refractivity contribution in [3.63, 3.8) is 0 Å². The van der Waals surface area contributed by atoms with Crippen LogP contribution in [-0.4, -0.2) is 32.9 Å². The average molecular weight is 299 g/mol. The summed E-state index contributed by atoms with van der Waals surface area (Å²) in [4.78, 5) is 12.2. The van der Waals surface area contributed by atoms with E-state index in [1.165, 1.54) is 0 Å². The van der Waals surface area contributed by atoms with Crippen LogP contribution in [-0.2, 0) is 6.54 Å². The van der Waals surface area contributed by atoms with E-state index in [9.17, 15) is 9.90 Å². The normalized spacial score (nSPS) is 21.5. The summed E-state index contributed by atoms with van der Waals surface area (Å²) < 4.78 is 1.77. The summed E-state index contributed by atoms with van der Waals surface area (Å²) in [5, 5.41) is 16.8. The molecule has 1 aromatic carbocycles. The lowest BCUT2D eigenvalue weighted by Crippen LogP contribution is -2.38. The summed E-state index contributed by atoms with van der Waals surface area (Å²) in [7, 11) is 0.